The molecule has 0 N–H and O–H groups in total. The second-order valence-corrected chi connectivity index (χ2v) is 8.54. The van der Waals surface area contributed by atoms with E-state index in [-0.39, 0.29) is 17.7 Å². The van der Waals surface area contributed by atoms with E-state index in [0.717, 1.165) is 16.7 Å². The number of benzene rings is 1. The third-order valence-corrected chi connectivity index (χ3v) is 5.90. The molecule has 2 heterocycles. The van der Waals surface area contributed by atoms with Gasteiger partial charge in [-0.1, -0.05) is 44.2 Å². The van der Waals surface area contributed by atoms with Crippen molar-refractivity contribution in [2.75, 3.05) is 27.2 Å². The minimum Gasteiger partial charge on any atom is -0.348 e. The van der Waals surface area contributed by atoms with E-state index in [1.54, 1.807) is 11.1 Å². The van der Waals surface area contributed by atoms with Gasteiger partial charge in [0.05, 0.1) is 5.41 Å². The summed E-state index contributed by atoms with van der Waals surface area (Å²) in [5, 5.41) is 0. The molecule has 0 unspecified atom stereocenters. The summed E-state index contributed by atoms with van der Waals surface area (Å²) in [6, 6.07) is 12.2. The summed E-state index contributed by atoms with van der Waals surface area (Å²) in [5.41, 5.74) is 2.84. The second kappa shape index (κ2) is 8.76. The Hall–Kier alpha value is -2.69. The largest absolute Gasteiger partial charge is 0.348 e. The highest BCUT2D eigenvalue weighted by atomic mass is 16.2. The molecule has 0 bridgehead atoms. The molecule has 0 aliphatic carbocycles. The minimum atomic E-state index is -0.491. The Labute approximate surface area is 173 Å². The Morgan fingerprint density at radius 3 is 2.38 bits per heavy atom. The number of carbonyl (C=O) groups excluding carboxylic acids is 2. The Morgan fingerprint density at radius 1 is 1.10 bits per heavy atom. The van der Waals surface area contributed by atoms with Crippen LogP contribution >= 0.6 is 0 Å². The highest BCUT2D eigenvalue weighted by Crippen LogP contribution is 2.39. The molecule has 1 fully saturated rings. The molecule has 29 heavy (non-hydrogen) atoms. The summed E-state index contributed by atoms with van der Waals surface area (Å²) in [6.45, 7) is 5.12. The first-order chi connectivity index (χ1) is 13.8. The van der Waals surface area contributed by atoms with Gasteiger partial charge in [-0.2, -0.15) is 0 Å². The maximum Gasteiger partial charge on any atom is 0.228 e. The van der Waals surface area contributed by atoms with Gasteiger partial charge in [-0.3, -0.25) is 14.6 Å². The molecule has 1 aliphatic rings. The number of hydrogen-bond acceptors (Lipinski definition) is 3. The average molecular weight is 394 g/mol. The van der Waals surface area contributed by atoms with Crippen molar-refractivity contribution in [3.8, 4) is 11.1 Å². The zero-order chi connectivity index (χ0) is 21.0. The van der Waals surface area contributed by atoms with Crippen molar-refractivity contribution in [3.05, 3.63) is 54.4 Å². The fraction of sp³-hybridized carbons (Fsp3) is 0.458. The van der Waals surface area contributed by atoms with Gasteiger partial charge in [0.1, 0.15) is 0 Å². The molecular formula is C24H31N3O2. The van der Waals surface area contributed by atoms with Gasteiger partial charge < -0.3 is 9.80 Å². The maximum atomic E-state index is 13.3. The third-order valence-electron chi connectivity index (χ3n) is 5.90. The van der Waals surface area contributed by atoms with Gasteiger partial charge in [-0.25, -0.2) is 0 Å². The minimum absolute atomic E-state index is 0.0154. The van der Waals surface area contributed by atoms with Crippen molar-refractivity contribution in [2.45, 2.75) is 33.1 Å². The van der Waals surface area contributed by atoms with Crippen LogP contribution in [0.4, 0.5) is 0 Å². The van der Waals surface area contributed by atoms with Gasteiger partial charge >= 0.3 is 0 Å². The fourth-order valence-corrected chi connectivity index (χ4v) is 4.30. The number of carbonyl (C=O) groups is 2. The molecule has 2 amide bonds. The quantitative estimate of drug-likeness (QED) is 0.779. The molecule has 1 aromatic heterocycles. The maximum absolute atomic E-state index is 13.3. The lowest BCUT2D eigenvalue weighted by atomic mass is 9.71. The standard InChI is InChI=1S/C24H31N3O2/c1-18(2)22(28)27-14-11-24(12-15-27,23(29)26(3)4)16-19-8-5-6-10-21(19)20-9-7-13-25-17-20/h5-10,13,17-18H,11-12,14-16H2,1-4H3. The zero-order valence-electron chi connectivity index (χ0n) is 17.9. The van der Waals surface area contributed by atoms with Crippen molar-refractivity contribution < 1.29 is 9.59 Å². The summed E-state index contributed by atoms with van der Waals surface area (Å²) >= 11 is 0. The lowest BCUT2D eigenvalue weighted by molar-refractivity contribution is -0.147. The van der Waals surface area contributed by atoms with Crippen LogP contribution in [0, 0.1) is 11.3 Å². The van der Waals surface area contributed by atoms with E-state index in [1.165, 1.54) is 0 Å². The topological polar surface area (TPSA) is 53.5 Å². The molecule has 3 rings (SSSR count). The third kappa shape index (κ3) is 4.50. The first kappa shape index (κ1) is 21.0. The van der Waals surface area contributed by atoms with Crippen LogP contribution < -0.4 is 0 Å². The van der Waals surface area contributed by atoms with E-state index in [2.05, 4.69) is 23.2 Å². The number of amides is 2. The van der Waals surface area contributed by atoms with Gasteiger partial charge in [-0.15, -0.1) is 0 Å². The highest BCUT2D eigenvalue weighted by Gasteiger charge is 2.43. The van der Waals surface area contributed by atoms with Crippen LogP contribution in [0.3, 0.4) is 0 Å². The fourth-order valence-electron chi connectivity index (χ4n) is 4.30. The van der Waals surface area contributed by atoms with E-state index in [4.69, 9.17) is 0 Å². The normalized spacial score (nSPS) is 16.0. The van der Waals surface area contributed by atoms with E-state index < -0.39 is 5.41 Å². The van der Waals surface area contributed by atoms with Gasteiger partial charge in [0.15, 0.2) is 0 Å². The number of pyridine rings is 1. The molecule has 0 spiro atoms. The number of hydrogen-bond donors (Lipinski definition) is 0. The van der Waals surface area contributed by atoms with Crippen molar-refractivity contribution in [3.63, 3.8) is 0 Å². The predicted octanol–water partition coefficient (Wildman–Crippen LogP) is 3.64. The first-order valence-electron chi connectivity index (χ1n) is 10.3. The number of nitrogens with zero attached hydrogens (tertiary/aromatic N) is 3. The van der Waals surface area contributed by atoms with Gasteiger partial charge in [0.2, 0.25) is 11.8 Å². The van der Waals surface area contributed by atoms with Gasteiger partial charge in [-0.05, 0) is 36.5 Å². The molecule has 154 valence electrons. The number of rotatable bonds is 5. The average Bonchev–Trinajstić information content (AvgIpc) is 2.74. The van der Waals surface area contributed by atoms with Crippen LogP contribution in [-0.4, -0.2) is 53.8 Å². The second-order valence-electron chi connectivity index (χ2n) is 8.54. The summed E-state index contributed by atoms with van der Waals surface area (Å²) < 4.78 is 0. The van der Waals surface area contributed by atoms with Gasteiger partial charge in [0, 0.05) is 51.1 Å². The molecule has 0 radical (unpaired) electrons. The van der Waals surface area contributed by atoms with Crippen LogP contribution in [0.25, 0.3) is 11.1 Å². The van der Waals surface area contributed by atoms with E-state index in [1.807, 2.05) is 57.2 Å². The Morgan fingerprint density at radius 2 is 1.79 bits per heavy atom. The lowest BCUT2D eigenvalue weighted by Crippen LogP contribution is -2.51. The monoisotopic (exact) mass is 393 g/mol. The Balaban J connectivity index is 1.91. The van der Waals surface area contributed by atoms with E-state index in [0.29, 0.717) is 32.4 Å². The molecule has 2 aromatic rings. The van der Waals surface area contributed by atoms with Crippen LogP contribution in [0.2, 0.25) is 0 Å². The van der Waals surface area contributed by atoms with Crippen molar-refractivity contribution in [2.24, 2.45) is 11.3 Å². The van der Waals surface area contributed by atoms with Crippen molar-refractivity contribution in [1.29, 1.82) is 0 Å². The molecule has 0 saturated carbocycles. The van der Waals surface area contributed by atoms with Crippen LogP contribution in [0.5, 0.6) is 0 Å². The molecular weight excluding hydrogens is 362 g/mol. The lowest BCUT2D eigenvalue weighted by Gasteiger charge is -2.42. The smallest absolute Gasteiger partial charge is 0.228 e. The van der Waals surface area contributed by atoms with Gasteiger partial charge in [0.25, 0.3) is 0 Å². The molecule has 1 aliphatic heterocycles. The highest BCUT2D eigenvalue weighted by molar-refractivity contribution is 5.84. The number of likely N-dealkylation sites (tertiary alicyclic amines) is 1. The Bertz CT molecular complexity index is 853. The number of piperidine rings is 1. The van der Waals surface area contributed by atoms with E-state index >= 15 is 0 Å². The molecule has 5 nitrogen and oxygen atoms in total. The first-order valence-corrected chi connectivity index (χ1v) is 10.3. The molecule has 5 heteroatoms. The SMILES string of the molecule is CC(C)C(=O)N1CCC(Cc2ccccc2-c2cccnc2)(C(=O)N(C)C)CC1. The van der Waals surface area contributed by atoms with Crippen LogP contribution in [-0.2, 0) is 16.0 Å². The zero-order valence-corrected chi connectivity index (χ0v) is 17.9. The molecule has 1 saturated heterocycles. The summed E-state index contributed by atoms with van der Waals surface area (Å²) in [4.78, 5) is 33.6. The van der Waals surface area contributed by atoms with Crippen molar-refractivity contribution in [1.82, 2.24) is 14.8 Å². The van der Waals surface area contributed by atoms with E-state index in [9.17, 15) is 9.59 Å². The Kier molecular flexibility index (Phi) is 6.36. The summed E-state index contributed by atoms with van der Waals surface area (Å²) in [6.07, 6.45) is 5.67. The summed E-state index contributed by atoms with van der Waals surface area (Å²) in [7, 11) is 3.64. The molecule has 0 atom stereocenters. The molecule has 1 aromatic carbocycles. The predicted molar refractivity (Wildman–Crippen MR) is 115 cm³/mol. The summed E-state index contributed by atoms with van der Waals surface area (Å²) in [5.74, 6) is 0.306. The van der Waals surface area contributed by atoms with Crippen LogP contribution in [0.1, 0.15) is 32.3 Å². The number of aromatic nitrogens is 1. The van der Waals surface area contributed by atoms with Crippen LogP contribution in [0.15, 0.2) is 48.8 Å². The van der Waals surface area contributed by atoms with Crippen molar-refractivity contribution >= 4 is 11.8 Å².